The summed E-state index contributed by atoms with van der Waals surface area (Å²) < 4.78 is 0. The van der Waals surface area contributed by atoms with Crippen molar-refractivity contribution >= 4 is 17.4 Å². The van der Waals surface area contributed by atoms with Crippen LogP contribution in [-0.2, 0) is 4.79 Å². The standard InChI is InChI=1S/C19H29ClO2/c1-18-8-7-12(21)9-11(18)3-4-13-14-5-6-16(22)19(14,2)10-15(20)17(13)18/h11-15,17,21H,3-10H2,1-2H3/t11-,12-,13-,14-,15+,17+,18-,19-/m0/s1. The molecule has 22 heavy (non-hydrogen) atoms. The van der Waals surface area contributed by atoms with E-state index in [0.717, 1.165) is 38.5 Å². The van der Waals surface area contributed by atoms with Gasteiger partial charge in [0, 0.05) is 17.2 Å². The summed E-state index contributed by atoms with van der Waals surface area (Å²) in [4.78, 5) is 12.5. The molecule has 0 heterocycles. The molecular formula is C19H29ClO2. The third-order valence-electron chi connectivity index (χ3n) is 8.24. The van der Waals surface area contributed by atoms with Gasteiger partial charge in [0.2, 0.25) is 0 Å². The molecule has 8 atom stereocenters. The van der Waals surface area contributed by atoms with Crippen molar-refractivity contribution in [2.45, 2.75) is 76.7 Å². The number of alkyl halides is 1. The van der Waals surface area contributed by atoms with Crippen LogP contribution < -0.4 is 0 Å². The van der Waals surface area contributed by atoms with E-state index in [-0.39, 0.29) is 22.3 Å². The second-order valence-corrected chi connectivity index (χ2v) is 9.66. The number of rotatable bonds is 0. The van der Waals surface area contributed by atoms with Crippen LogP contribution in [0.3, 0.4) is 0 Å². The van der Waals surface area contributed by atoms with Crippen molar-refractivity contribution in [2.75, 3.05) is 0 Å². The minimum absolute atomic E-state index is 0.106. The topological polar surface area (TPSA) is 37.3 Å². The first-order chi connectivity index (χ1) is 10.4. The fourth-order valence-corrected chi connectivity index (χ4v) is 7.86. The van der Waals surface area contributed by atoms with E-state index < -0.39 is 0 Å². The van der Waals surface area contributed by atoms with E-state index in [2.05, 4.69) is 13.8 Å². The number of ketones is 1. The van der Waals surface area contributed by atoms with Crippen molar-refractivity contribution in [1.29, 1.82) is 0 Å². The molecule has 4 fully saturated rings. The van der Waals surface area contributed by atoms with Crippen LogP contribution in [0.15, 0.2) is 0 Å². The highest BCUT2D eigenvalue weighted by atomic mass is 35.5. The summed E-state index contributed by atoms with van der Waals surface area (Å²) in [6, 6.07) is 0. The lowest BCUT2D eigenvalue weighted by Crippen LogP contribution is -2.58. The number of aliphatic hydroxyl groups excluding tert-OH is 1. The zero-order valence-electron chi connectivity index (χ0n) is 13.9. The van der Waals surface area contributed by atoms with Crippen LogP contribution in [0.25, 0.3) is 0 Å². The molecule has 0 spiro atoms. The van der Waals surface area contributed by atoms with Gasteiger partial charge in [-0.05, 0) is 74.0 Å². The molecule has 0 aromatic carbocycles. The first kappa shape index (κ1) is 15.4. The fourth-order valence-electron chi connectivity index (χ4n) is 7.06. The average Bonchev–Trinajstić information content (AvgIpc) is 2.75. The van der Waals surface area contributed by atoms with Crippen molar-refractivity contribution in [3.05, 3.63) is 0 Å². The zero-order valence-corrected chi connectivity index (χ0v) is 14.6. The van der Waals surface area contributed by atoms with Crippen LogP contribution in [0.5, 0.6) is 0 Å². The van der Waals surface area contributed by atoms with Gasteiger partial charge >= 0.3 is 0 Å². The second kappa shape index (κ2) is 4.96. The number of aliphatic hydroxyl groups is 1. The van der Waals surface area contributed by atoms with Crippen molar-refractivity contribution in [2.24, 2.45) is 34.5 Å². The lowest BCUT2D eigenvalue weighted by Gasteiger charge is -2.61. The predicted octanol–water partition coefficient (Wildman–Crippen LogP) is 4.18. The highest BCUT2D eigenvalue weighted by Gasteiger charge is 2.62. The summed E-state index contributed by atoms with van der Waals surface area (Å²) >= 11 is 6.94. The summed E-state index contributed by atoms with van der Waals surface area (Å²) in [7, 11) is 0. The Morgan fingerprint density at radius 3 is 2.73 bits per heavy atom. The van der Waals surface area contributed by atoms with Gasteiger partial charge in [-0.15, -0.1) is 11.6 Å². The van der Waals surface area contributed by atoms with Crippen molar-refractivity contribution in [3.63, 3.8) is 0 Å². The normalized spacial score (nSPS) is 57.9. The summed E-state index contributed by atoms with van der Waals surface area (Å²) in [5.74, 6) is 2.83. The average molecular weight is 325 g/mol. The fraction of sp³-hybridized carbons (Fsp3) is 0.947. The first-order valence-corrected chi connectivity index (χ1v) is 9.65. The van der Waals surface area contributed by atoms with E-state index in [9.17, 15) is 9.90 Å². The largest absolute Gasteiger partial charge is 0.393 e. The summed E-state index contributed by atoms with van der Waals surface area (Å²) in [5.41, 5.74) is 0.131. The van der Waals surface area contributed by atoms with Gasteiger partial charge in [-0.1, -0.05) is 13.8 Å². The van der Waals surface area contributed by atoms with Crippen LogP contribution in [-0.4, -0.2) is 22.4 Å². The minimum Gasteiger partial charge on any atom is -0.393 e. The third kappa shape index (κ3) is 1.92. The van der Waals surface area contributed by atoms with Gasteiger partial charge in [0.15, 0.2) is 0 Å². The highest BCUT2D eigenvalue weighted by molar-refractivity contribution is 6.21. The SMILES string of the molecule is C[C@]12CC[C@H](O)C[C@@H]1CC[C@@H]1[C@@H]2[C@H](Cl)C[C@]2(C)C(=O)CC[C@@H]12. The quantitative estimate of drug-likeness (QED) is 0.679. The Morgan fingerprint density at radius 2 is 1.95 bits per heavy atom. The summed E-state index contributed by atoms with van der Waals surface area (Å²) in [5, 5.41) is 10.2. The molecule has 0 unspecified atom stereocenters. The monoisotopic (exact) mass is 324 g/mol. The Balaban J connectivity index is 1.69. The maximum Gasteiger partial charge on any atom is 0.139 e. The van der Waals surface area contributed by atoms with Gasteiger partial charge in [-0.25, -0.2) is 0 Å². The van der Waals surface area contributed by atoms with Gasteiger partial charge in [0.25, 0.3) is 0 Å². The lowest BCUT2D eigenvalue weighted by molar-refractivity contribution is -0.141. The van der Waals surface area contributed by atoms with Crippen molar-refractivity contribution in [3.8, 4) is 0 Å². The third-order valence-corrected chi connectivity index (χ3v) is 8.67. The molecule has 4 aliphatic carbocycles. The van der Waals surface area contributed by atoms with Gasteiger partial charge in [-0.2, -0.15) is 0 Å². The Kier molecular flexibility index (Phi) is 3.48. The number of carbonyl (C=O) groups excluding carboxylic acids is 1. The van der Waals surface area contributed by atoms with Gasteiger partial charge in [-0.3, -0.25) is 4.79 Å². The van der Waals surface area contributed by atoms with Gasteiger partial charge in [0.05, 0.1) is 6.10 Å². The molecule has 0 amide bonds. The number of fused-ring (bicyclic) bond motifs is 5. The maximum absolute atomic E-state index is 12.5. The molecule has 0 bridgehead atoms. The van der Waals surface area contributed by atoms with Crippen LogP contribution in [0.4, 0.5) is 0 Å². The summed E-state index contributed by atoms with van der Waals surface area (Å²) in [6.45, 7) is 4.63. The van der Waals surface area contributed by atoms with E-state index in [4.69, 9.17) is 11.6 Å². The van der Waals surface area contributed by atoms with Crippen molar-refractivity contribution in [1.82, 2.24) is 0 Å². The van der Waals surface area contributed by atoms with Gasteiger partial charge < -0.3 is 5.11 Å². The molecule has 3 heteroatoms. The Bertz CT molecular complexity index is 492. The molecule has 4 saturated carbocycles. The van der Waals surface area contributed by atoms with Crippen LogP contribution in [0.2, 0.25) is 0 Å². The molecule has 1 N–H and O–H groups in total. The number of carbonyl (C=O) groups is 1. The van der Waals surface area contributed by atoms with Crippen molar-refractivity contribution < 1.29 is 9.90 Å². The first-order valence-electron chi connectivity index (χ1n) is 9.21. The highest BCUT2D eigenvalue weighted by Crippen LogP contribution is 2.66. The van der Waals surface area contributed by atoms with Crippen LogP contribution in [0, 0.1) is 34.5 Å². The molecule has 4 rings (SSSR count). The van der Waals surface area contributed by atoms with Gasteiger partial charge in [0.1, 0.15) is 5.78 Å². The van der Waals surface area contributed by atoms with E-state index in [0.29, 0.717) is 29.5 Å². The summed E-state index contributed by atoms with van der Waals surface area (Å²) in [6.07, 6.45) is 8.07. The smallest absolute Gasteiger partial charge is 0.139 e. The van der Waals surface area contributed by atoms with E-state index in [1.807, 2.05) is 0 Å². The number of hydrogen-bond acceptors (Lipinski definition) is 2. The van der Waals surface area contributed by atoms with Crippen LogP contribution in [0.1, 0.15) is 65.2 Å². The number of halogens is 1. The van der Waals surface area contributed by atoms with Crippen LogP contribution >= 0.6 is 11.6 Å². The Labute approximate surface area is 139 Å². The molecule has 124 valence electrons. The molecule has 4 aliphatic rings. The minimum atomic E-state index is -0.148. The molecule has 0 saturated heterocycles. The number of Topliss-reactive ketones (excluding diaryl/α,β-unsaturated/α-hetero) is 1. The molecule has 0 aromatic rings. The number of hydrogen-bond donors (Lipinski definition) is 1. The Morgan fingerprint density at radius 1 is 1.18 bits per heavy atom. The van der Waals surface area contributed by atoms with E-state index in [1.54, 1.807) is 0 Å². The molecule has 0 radical (unpaired) electrons. The Hall–Kier alpha value is -0.0800. The van der Waals surface area contributed by atoms with E-state index >= 15 is 0 Å². The maximum atomic E-state index is 12.5. The molecular weight excluding hydrogens is 296 g/mol. The van der Waals surface area contributed by atoms with E-state index in [1.165, 1.54) is 12.8 Å². The molecule has 0 aliphatic heterocycles. The zero-order chi connectivity index (χ0) is 15.7. The molecule has 0 aromatic heterocycles. The lowest BCUT2D eigenvalue weighted by atomic mass is 9.45. The molecule has 2 nitrogen and oxygen atoms in total. The predicted molar refractivity (Wildman–Crippen MR) is 87.8 cm³/mol. The second-order valence-electron chi connectivity index (χ2n) is 9.10.